The van der Waals surface area contributed by atoms with Gasteiger partial charge in [0.25, 0.3) is 5.91 Å². The van der Waals surface area contributed by atoms with Crippen molar-refractivity contribution >= 4 is 23.5 Å². The Balaban J connectivity index is 1.77. The molecule has 1 atom stereocenters. The van der Waals surface area contributed by atoms with Crippen LogP contribution in [0.2, 0.25) is 0 Å². The van der Waals surface area contributed by atoms with Crippen molar-refractivity contribution in [3.63, 3.8) is 0 Å². The van der Waals surface area contributed by atoms with Gasteiger partial charge >= 0.3 is 11.9 Å². The second-order valence-electron chi connectivity index (χ2n) is 6.76. The number of hydrogen-bond acceptors (Lipinski definition) is 5. The van der Waals surface area contributed by atoms with Crippen LogP contribution in [-0.2, 0) is 19.1 Å². The van der Waals surface area contributed by atoms with Gasteiger partial charge in [-0.3, -0.25) is 9.59 Å². The van der Waals surface area contributed by atoms with Gasteiger partial charge in [-0.2, -0.15) is 0 Å². The lowest BCUT2D eigenvalue weighted by Crippen LogP contribution is -2.21. The Labute approximate surface area is 164 Å². The number of ether oxygens (including phenoxy) is 2. The van der Waals surface area contributed by atoms with Crippen molar-refractivity contribution in [3.05, 3.63) is 65.7 Å². The number of anilines is 1. The molecule has 0 bridgehead atoms. The van der Waals surface area contributed by atoms with Gasteiger partial charge in [0.15, 0.2) is 6.61 Å². The molecule has 1 N–H and O–H groups in total. The summed E-state index contributed by atoms with van der Waals surface area (Å²) < 4.78 is 10.2. The van der Waals surface area contributed by atoms with Gasteiger partial charge < -0.3 is 14.8 Å². The molecule has 1 amide bonds. The molecule has 6 heteroatoms. The second kappa shape index (κ2) is 10.3. The predicted octanol–water partition coefficient (Wildman–Crippen LogP) is 3.93. The van der Waals surface area contributed by atoms with Gasteiger partial charge in [0, 0.05) is 5.69 Å². The first-order valence-electron chi connectivity index (χ1n) is 9.16. The van der Waals surface area contributed by atoms with Gasteiger partial charge in [0.1, 0.15) is 0 Å². The highest BCUT2D eigenvalue weighted by Crippen LogP contribution is 2.19. The van der Waals surface area contributed by atoms with Crippen LogP contribution < -0.4 is 5.32 Å². The van der Waals surface area contributed by atoms with E-state index in [-0.39, 0.29) is 25.0 Å². The quantitative estimate of drug-likeness (QED) is 0.699. The van der Waals surface area contributed by atoms with E-state index in [2.05, 4.69) is 5.32 Å². The summed E-state index contributed by atoms with van der Waals surface area (Å²) in [6.45, 7) is 5.11. The molecule has 0 spiro atoms. The first kappa shape index (κ1) is 21.2. The molecule has 0 aromatic heterocycles. The van der Waals surface area contributed by atoms with Crippen LogP contribution in [0.5, 0.6) is 0 Å². The summed E-state index contributed by atoms with van der Waals surface area (Å²) in [5.74, 6) is -1.29. The Morgan fingerprint density at radius 1 is 0.929 bits per heavy atom. The van der Waals surface area contributed by atoms with Crippen LogP contribution in [0.4, 0.5) is 5.69 Å². The van der Waals surface area contributed by atoms with Crippen molar-refractivity contribution < 1.29 is 23.9 Å². The van der Waals surface area contributed by atoms with Crippen LogP contribution in [0, 0.1) is 0 Å². The molecule has 0 aliphatic carbocycles. The number of esters is 2. The third-order valence-electron chi connectivity index (χ3n) is 3.95. The van der Waals surface area contributed by atoms with E-state index in [0.717, 1.165) is 5.56 Å². The van der Waals surface area contributed by atoms with Crippen LogP contribution in [0.1, 0.15) is 49.0 Å². The van der Waals surface area contributed by atoms with E-state index in [4.69, 9.17) is 9.47 Å². The number of rotatable bonds is 8. The Kier molecular flexibility index (Phi) is 7.75. The first-order valence-corrected chi connectivity index (χ1v) is 9.16. The number of carbonyl (C=O) groups is 3. The molecule has 0 saturated carbocycles. The molecule has 28 heavy (non-hydrogen) atoms. The van der Waals surface area contributed by atoms with Crippen LogP contribution in [-0.4, -0.2) is 30.6 Å². The number of carbonyl (C=O) groups excluding carboxylic acids is 3. The first-order chi connectivity index (χ1) is 13.3. The average molecular weight is 383 g/mol. The Morgan fingerprint density at radius 2 is 1.57 bits per heavy atom. The van der Waals surface area contributed by atoms with Crippen molar-refractivity contribution in [2.45, 2.75) is 39.2 Å². The van der Waals surface area contributed by atoms with E-state index in [1.807, 2.05) is 37.3 Å². The summed E-state index contributed by atoms with van der Waals surface area (Å²) in [7, 11) is 0. The zero-order valence-electron chi connectivity index (χ0n) is 16.3. The highest BCUT2D eigenvalue weighted by Gasteiger charge is 2.14. The summed E-state index contributed by atoms with van der Waals surface area (Å²) in [5, 5.41) is 2.62. The molecule has 0 radical (unpaired) electrons. The molecule has 6 nitrogen and oxygen atoms in total. The van der Waals surface area contributed by atoms with Crippen LogP contribution in [0.25, 0.3) is 0 Å². The molecule has 2 rings (SSSR count). The van der Waals surface area contributed by atoms with E-state index in [1.165, 1.54) is 0 Å². The molecule has 0 aliphatic heterocycles. The molecular weight excluding hydrogens is 358 g/mol. The van der Waals surface area contributed by atoms with Gasteiger partial charge in [-0.1, -0.05) is 37.3 Å². The van der Waals surface area contributed by atoms with E-state index in [1.54, 1.807) is 38.1 Å². The highest BCUT2D eigenvalue weighted by molar-refractivity contribution is 5.94. The summed E-state index contributed by atoms with van der Waals surface area (Å²) in [6.07, 6.45) is -0.00425. The lowest BCUT2D eigenvalue weighted by Gasteiger charge is -2.12. The summed E-state index contributed by atoms with van der Waals surface area (Å²) in [4.78, 5) is 35.7. The van der Waals surface area contributed by atoms with E-state index >= 15 is 0 Å². The maximum atomic E-state index is 12.0. The normalized spacial score (nSPS) is 11.6. The molecular formula is C22H25NO5. The molecule has 2 aromatic carbocycles. The Hall–Kier alpha value is -3.15. The van der Waals surface area contributed by atoms with E-state index in [9.17, 15) is 14.4 Å². The number of benzene rings is 2. The monoisotopic (exact) mass is 383 g/mol. The van der Waals surface area contributed by atoms with Crippen molar-refractivity contribution in [1.29, 1.82) is 0 Å². The maximum absolute atomic E-state index is 12.0. The molecule has 0 aliphatic rings. The second-order valence-corrected chi connectivity index (χ2v) is 6.76. The van der Waals surface area contributed by atoms with Crippen molar-refractivity contribution in [2.75, 3.05) is 11.9 Å². The van der Waals surface area contributed by atoms with Gasteiger partial charge in [0.2, 0.25) is 0 Å². The van der Waals surface area contributed by atoms with E-state index in [0.29, 0.717) is 11.3 Å². The SMILES string of the molecule is CC(C)OC(=O)c1ccc(NC(=O)COC(=O)C[C@@H](C)c2ccccc2)cc1. The van der Waals surface area contributed by atoms with Crippen molar-refractivity contribution in [2.24, 2.45) is 0 Å². The van der Waals surface area contributed by atoms with Crippen molar-refractivity contribution in [3.8, 4) is 0 Å². The third-order valence-corrected chi connectivity index (χ3v) is 3.95. The zero-order chi connectivity index (χ0) is 20.5. The Morgan fingerprint density at radius 3 is 2.18 bits per heavy atom. The fraction of sp³-hybridized carbons (Fsp3) is 0.318. The van der Waals surface area contributed by atoms with Crippen LogP contribution in [0.3, 0.4) is 0 Å². The summed E-state index contributed by atoms with van der Waals surface area (Å²) in [5.41, 5.74) is 1.94. The Bertz CT molecular complexity index is 799. The van der Waals surface area contributed by atoms with Gasteiger partial charge in [-0.15, -0.1) is 0 Å². The summed E-state index contributed by atoms with van der Waals surface area (Å²) >= 11 is 0. The largest absolute Gasteiger partial charge is 0.459 e. The minimum Gasteiger partial charge on any atom is -0.459 e. The van der Waals surface area contributed by atoms with Gasteiger partial charge in [-0.05, 0) is 49.6 Å². The van der Waals surface area contributed by atoms with Gasteiger partial charge in [-0.25, -0.2) is 4.79 Å². The van der Waals surface area contributed by atoms with Gasteiger partial charge in [0.05, 0.1) is 18.1 Å². The van der Waals surface area contributed by atoms with Crippen molar-refractivity contribution in [1.82, 2.24) is 0 Å². The number of nitrogens with one attached hydrogen (secondary N) is 1. The zero-order valence-corrected chi connectivity index (χ0v) is 16.3. The highest BCUT2D eigenvalue weighted by atomic mass is 16.5. The molecule has 0 fully saturated rings. The third kappa shape index (κ3) is 6.87. The predicted molar refractivity (Wildman–Crippen MR) is 106 cm³/mol. The average Bonchev–Trinajstić information content (AvgIpc) is 2.67. The molecule has 148 valence electrons. The lowest BCUT2D eigenvalue weighted by molar-refractivity contribution is -0.147. The molecule has 0 saturated heterocycles. The molecule has 2 aromatic rings. The van der Waals surface area contributed by atoms with Crippen LogP contribution in [0.15, 0.2) is 54.6 Å². The minimum atomic E-state index is -0.446. The smallest absolute Gasteiger partial charge is 0.338 e. The molecule has 0 heterocycles. The standard InChI is InChI=1S/C22H25NO5/c1-15(2)28-22(26)18-9-11-19(12-10-18)23-20(24)14-27-21(25)13-16(3)17-7-5-4-6-8-17/h4-12,15-16H,13-14H2,1-3H3,(H,23,24)/t16-/m1/s1. The number of amides is 1. The number of hydrogen-bond donors (Lipinski definition) is 1. The fourth-order valence-electron chi connectivity index (χ4n) is 2.52. The topological polar surface area (TPSA) is 81.7 Å². The van der Waals surface area contributed by atoms with Crippen LogP contribution >= 0.6 is 0 Å². The molecule has 0 unspecified atom stereocenters. The minimum absolute atomic E-state index is 0.00917. The van der Waals surface area contributed by atoms with E-state index < -0.39 is 17.8 Å². The fourth-order valence-corrected chi connectivity index (χ4v) is 2.52. The maximum Gasteiger partial charge on any atom is 0.338 e. The lowest BCUT2D eigenvalue weighted by atomic mass is 9.98. The summed E-state index contributed by atoms with van der Waals surface area (Å²) in [6, 6.07) is 16.0.